The van der Waals surface area contributed by atoms with Gasteiger partial charge in [0, 0.05) is 44.1 Å². The molecule has 3 rings (SSSR count). The molecule has 20 N–H and O–H groups in total. The van der Waals surface area contributed by atoms with Crippen LogP contribution in [0.5, 0.6) is 0 Å². The van der Waals surface area contributed by atoms with Crippen LogP contribution in [-0.4, -0.2) is 181 Å². The maximum atomic E-state index is 14.6. The van der Waals surface area contributed by atoms with E-state index in [0.29, 0.717) is 12.0 Å². The summed E-state index contributed by atoms with van der Waals surface area (Å²) in [5, 5.41) is 42.7. The second-order valence-corrected chi connectivity index (χ2v) is 23.4. The lowest BCUT2D eigenvalue weighted by atomic mass is 9.89. The number of aliphatic hydroxyl groups excluding tert-OH is 2. The van der Waals surface area contributed by atoms with E-state index in [9.17, 15) is 67.7 Å². The molecule has 88 heavy (non-hydrogen) atoms. The standard InChI is InChI=1S/C60H99N13O15/c1-6-7-8-12-15-49-50(60(87)88-49)58(85)69-42(19-25-64)48(78)32-39(34(4)74)54(81)67-40(17-23-62)47(77)31-38-21-27-66-59(86)51(35(5)75)73-53(80)37(16-22-61)30-46(76)41(18-24-63)68-56(83)44(28-33(2)3)71-57(84)45(29-36-13-10-9-11-14-36)72-55(82)43(20-26-65)70-52(38)79/h9-11,13-14,33-35,37-45,49-51,74-75H,6-8,12,15-32,61-65H2,1-5H3,(H,66,86)(H,67,81)(H,68,83)(H,69,85)(H,70,79)(H,71,84)(H,72,82)(H,73,80)/t34?,35?,37-,38-,39+,40+,41+,42+,43+,44+,45-,49?,50?,51+/m1/s1. The van der Waals surface area contributed by atoms with Gasteiger partial charge in [-0.3, -0.25) is 57.5 Å². The molecule has 2 saturated heterocycles. The van der Waals surface area contributed by atoms with E-state index >= 15 is 0 Å². The molecule has 0 aromatic heterocycles. The average molecular weight is 1240 g/mol. The molecule has 0 spiro atoms. The first-order chi connectivity index (χ1) is 41.8. The summed E-state index contributed by atoms with van der Waals surface area (Å²) in [6, 6.07) is -1.15. The highest BCUT2D eigenvalue weighted by molar-refractivity contribution is 6.04. The van der Waals surface area contributed by atoms with Crippen molar-refractivity contribution in [2.45, 2.75) is 198 Å². The Bertz CT molecular complexity index is 2490. The zero-order valence-electron chi connectivity index (χ0n) is 51.7. The third kappa shape index (κ3) is 24.6. The highest BCUT2D eigenvalue weighted by Crippen LogP contribution is 2.28. The number of ether oxygens (including phenoxy) is 1. The summed E-state index contributed by atoms with van der Waals surface area (Å²) in [4.78, 5) is 168. The number of carbonyl (C=O) groups excluding carboxylic acids is 12. The summed E-state index contributed by atoms with van der Waals surface area (Å²) in [5.74, 6) is -15.2. The summed E-state index contributed by atoms with van der Waals surface area (Å²) in [6.07, 6.45) is -2.61. The third-order valence-electron chi connectivity index (χ3n) is 15.7. The summed E-state index contributed by atoms with van der Waals surface area (Å²) in [5.41, 5.74) is 30.1. The number of Topliss-reactive ketones (excluding diaryl/α,β-unsaturated/α-hetero) is 3. The zero-order chi connectivity index (χ0) is 65.6. The number of esters is 1. The van der Waals surface area contributed by atoms with Gasteiger partial charge in [0.25, 0.3) is 0 Å². The zero-order valence-corrected chi connectivity index (χ0v) is 51.7. The van der Waals surface area contributed by atoms with E-state index in [1.807, 2.05) is 6.92 Å². The van der Waals surface area contributed by atoms with Gasteiger partial charge in [-0.15, -0.1) is 0 Å². The van der Waals surface area contributed by atoms with Crippen molar-refractivity contribution >= 4 is 70.6 Å². The number of carbonyl (C=O) groups is 12. The first kappa shape index (κ1) is 75.4. The van der Waals surface area contributed by atoms with Gasteiger partial charge in [0.15, 0.2) is 23.3 Å². The van der Waals surface area contributed by atoms with E-state index in [2.05, 4.69) is 42.5 Å². The molecule has 8 amide bonds. The average Bonchev–Trinajstić information content (AvgIpc) is 3.62. The van der Waals surface area contributed by atoms with Crippen molar-refractivity contribution in [3.05, 3.63) is 35.9 Å². The highest BCUT2D eigenvalue weighted by Gasteiger charge is 2.48. The van der Waals surface area contributed by atoms with Crippen LogP contribution < -0.4 is 71.2 Å². The monoisotopic (exact) mass is 1240 g/mol. The van der Waals surface area contributed by atoms with Gasteiger partial charge in [0.2, 0.25) is 47.3 Å². The number of aliphatic hydroxyl groups is 2. The van der Waals surface area contributed by atoms with E-state index in [0.717, 1.165) is 25.7 Å². The summed E-state index contributed by atoms with van der Waals surface area (Å²) in [6.45, 7) is 7.08. The van der Waals surface area contributed by atoms with Crippen molar-refractivity contribution in [2.75, 3.05) is 39.3 Å². The molecule has 4 unspecified atom stereocenters. The Morgan fingerprint density at radius 2 is 1.19 bits per heavy atom. The van der Waals surface area contributed by atoms with Crippen molar-refractivity contribution < 1.29 is 72.5 Å². The maximum Gasteiger partial charge on any atom is 0.322 e. The Hall–Kier alpha value is -6.82. The fraction of sp³-hybridized carbons (Fsp3) is 0.700. The topological polar surface area (TPSA) is 481 Å². The lowest BCUT2D eigenvalue weighted by Crippen LogP contribution is -2.59. The van der Waals surface area contributed by atoms with Gasteiger partial charge in [-0.25, -0.2) is 0 Å². The van der Waals surface area contributed by atoms with Crippen molar-refractivity contribution in [1.82, 2.24) is 42.5 Å². The molecule has 0 radical (unpaired) electrons. The van der Waals surface area contributed by atoms with E-state index < -0.39 is 181 Å². The molecule has 2 aliphatic heterocycles. The molecule has 28 nitrogen and oxygen atoms in total. The van der Waals surface area contributed by atoms with Gasteiger partial charge in [-0.2, -0.15) is 0 Å². The molecule has 0 saturated carbocycles. The third-order valence-corrected chi connectivity index (χ3v) is 15.7. The Balaban J connectivity index is 2.06. The Morgan fingerprint density at radius 1 is 0.625 bits per heavy atom. The van der Waals surface area contributed by atoms with Crippen molar-refractivity contribution in [2.24, 2.45) is 58.3 Å². The highest BCUT2D eigenvalue weighted by atomic mass is 16.6. The van der Waals surface area contributed by atoms with Crippen molar-refractivity contribution in [1.29, 1.82) is 0 Å². The van der Waals surface area contributed by atoms with Crippen LogP contribution in [0.1, 0.15) is 136 Å². The van der Waals surface area contributed by atoms with Gasteiger partial charge in [0.1, 0.15) is 30.3 Å². The van der Waals surface area contributed by atoms with Gasteiger partial charge in [-0.05, 0) is 116 Å². The van der Waals surface area contributed by atoms with Crippen LogP contribution in [0, 0.1) is 29.6 Å². The number of amides is 8. The number of nitrogens with one attached hydrogen (secondary N) is 8. The maximum absolute atomic E-state index is 14.6. The van der Waals surface area contributed by atoms with Crippen LogP contribution in [0.3, 0.4) is 0 Å². The molecule has 28 heteroatoms. The molecule has 2 fully saturated rings. The number of cyclic esters (lactones) is 1. The van der Waals surface area contributed by atoms with Crippen LogP contribution in [0.25, 0.3) is 0 Å². The summed E-state index contributed by atoms with van der Waals surface area (Å²) < 4.78 is 5.23. The number of hydrogen-bond donors (Lipinski definition) is 15. The number of rotatable bonds is 31. The van der Waals surface area contributed by atoms with Crippen LogP contribution in [0.4, 0.5) is 0 Å². The molecule has 14 atom stereocenters. The molecule has 0 bridgehead atoms. The number of nitrogens with two attached hydrogens (primary N) is 5. The molecule has 1 aromatic carbocycles. The first-order valence-corrected chi connectivity index (χ1v) is 30.9. The summed E-state index contributed by atoms with van der Waals surface area (Å²) >= 11 is 0. The predicted octanol–water partition coefficient (Wildman–Crippen LogP) is -3.07. The minimum absolute atomic E-state index is 0.0628. The van der Waals surface area contributed by atoms with Gasteiger partial charge in [0.05, 0.1) is 36.3 Å². The Morgan fingerprint density at radius 3 is 1.77 bits per heavy atom. The van der Waals surface area contributed by atoms with Crippen molar-refractivity contribution in [3.63, 3.8) is 0 Å². The second-order valence-electron chi connectivity index (χ2n) is 23.4. The number of benzene rings is 1. The molecule has 2 aliphatic rings. The smallest absolute Gasteiger partial charge is 0.322 e. The first-order valence-electron chi connectivity index (χ1n) is 30.9. The van der Waals surface area contributed by atoms with Crippen LogP contribution in [0.15, 0.2) is 30.3 Å². The normalized spacial score (nSPS) is 24.7. The van der Waals surface area contributed by atoms with Crippen LogP contribution in [0.2, 0.25) is 0 Å². The molecule has 494 valence electrons. The quantitative estimate of drug-likeness (QED) is 0.0199. The fourth-order valence-electron chi connectivity index (χ4n) is 10.5. The molecule has 1 aromatic rings. The minimum atomic E-state index is -1.64. The van der Waals surface area contributed by atoms with Crippen molar-refractivity contribution in [3.8, 4) is 0 Å². The van der Waals surface area contributed by atoms with Gasteiger partial charge in [-0.1, -0.05) is 70.4 Å². The molecule has 2 heterocycles. The number of hydrogen-bond acceptors (Lipinski definition) is 20. The SMILES string of the molecule is CCCCCCC1OC(=O)C1C(=O)N[C@@H](CCN)C(=O)C[C@H](C(=O)N[C@@H](CCN)C(=O)C[C@H]1CCNC(=O)[C@H](C(C)O)NC(=O)[C@H](CCN)CC(=O)[C@H](CCN)NC(=O)[C@H](CC(C)C)NC(=O)[C@@H](Cc2ccccc2)NC(=O)[C@H](CCN)NC1=O)C(C)O. The van der Waals surface area contributed by atoms with E-state index in [1.54, 1.807) is 44.2 Å². The predicted molar refractivity (Wildman–Crippen MR) is 324 cm³/mol. The molecule has 0 aliphatic carbocycles. The minimum Gasteiger partial charge on any atom is -0.460 e. The van der Waals surface area contributed by atoms with Gasteiger partial charge >= 0.3 is 5.97 Å². The number of ketones is 3. The molecular weight excluding hydrogens is 1140 g/mol. The Labute approximate surface area is 515 Å². The second kappa shape index (κ2) is 39.2. The lowest BCUT2D eigenvalue weighted by molar-refractivity contribution is -0.188. The van der Waals surface area contributed by atoms with E-state index in [1.165, 1.54) is 13.8 Å². The molecular formula is C60H99N13O15. The summed E-state index contributed by atoms with van der Waals surface area (Å²) in [7, 11) is 0. The fourth-order valence-corrected chi connectivity index (χ4v) is 10.5. The van der Waals surface area contributed by atoms with E-state index in [4.69, 9.17) is 33.4 Å². The Kier molecular flexibility index (Phi) is 33.6. The lowest BCUT2D eigenvalue weighted by Gasteiger charge is -2.35. The van der Waals surface area contributed by atoms with Gasteiger partial charge < -0.3 is 86.2 Å². The van der Waals surface area contributed by atoms with Crippen LogP contribution >= 0.6 is 0 Å². The number of unbranched alkanes of at least 4 members (excludes halogenated alkanes) is 3. The van der Waals surface area contributed by atoms with E-state index in [-0.39, 0.29) is 90.0 Å². The largest absolute Gasteiger partial charge is 0.460 e. The van der Waals surface area contributed by atoms with Crippen LogP contribution in [-0.2, 0) is 68.7 Å².